The number of nitrogens with zero attached hydrogens (tertiary/aromatic N) is 2. The molecule has 2 aromatic rings. The summed E-state index contributed by atoms with van der Waals surface area (Å²) in [5.74, 6) is 0. The van der Waals surface area contributed by atoms with Crippen LogP contribution in [-0.2, 0) is 23.1 Å². The maximum atomic E-state index is 12.3. The molecular weight excluding hydrogens is 286 g/mol. The molecule has 1 N–H and O–H groups in total. The van der Waals surface area contributed by atoms with Gasteiger partial charge in [-0.05, 0) is 30.9 Å². The second kappa shape index (κ2) is 5.12. The summed E-state index contributed by atoms with van der Waals surface area (Å²) in [6, 6.07) is 8.24. The van der Waals surface area contributed by atoms with Crippen LogP contribution in [0.5, 0.6) is 0 Å². The fourth-order valence-corrected chi connectivity index (χ4v) is 4.18. The van der Waals surface area contributed by atoms with E-state index in [0.29, 0.717) is 0 Å². The summed E-state index contributed by atoms with van der Waals surface area (Å²) in [6.45, 7) is 0. The van der Waals surface area contributed by atoms with E-state index < -0.39 is 10.2 Å². The predicted octanol–water partition coefficient (Wildman–Crippen LogP) is 1.76. The molecule has 1 aromatic carbocycles. The van der Waals surface area contributed by atoms with Crippen LogP contribution in [0, 0.1) is 0 Å². The summed E-state index contributed by atoms with van der Waals surface area (Å²) in [7, 11) is 1.47. The minimum Gasteiger partial charge on any atom is -0.358 e. The summed E-state index contributed by atoms with van der Waals surface area (Å²) in [4.78, 5) is 3.46. The number of aromatic amines is 1. The first-order chi connectivity index (χ1) is 9.91. The molecule has 0 saturated carbocycles. The highest BCUT2D eigenvalue weighted by Crippen LogP contribution is 2.31. The van der Waals surface area contributed by atoms with Crippen molar-refractivity contribution >= 4 is 21.1 Å². The number of aryl methyl sites for hydroxylation is 1. The van der Waals surface area contributed by atoms with Gasteiger partial charge >= 0.3 is 0 Å². The van der Waals surface area contributed by atoms with Crippen LogP contribution in [0.25, 0.3) is 10.9 Å². The van der Waals surface area contributed by atoms with Crippen LogP contribution >= 0.6 is 0 Å². The Balaban J connectivity index is 1.94. The normalized spacial score (nSPS) is 19.4. The summed E-state index contributed by atoms with van der Waals surface area (Å²) >= 11 is 0. The lowest BCUT2D eigenvalue weighted by molar-refractivity contribution is 0.316. The molecule has 0 fully saturated rings. The van der Waals surface area contributed by atoms with Crippen molar-refractivity contribution in [3.8, 4) is 0 Å². The van der Waals surface area contributed by atoms with Crippen LogP contribution in [0.3, 0.4) is 0 Å². The van der Waals surface area contributed by atoms with Gasteiger partial charge in [0.25, 0.3) is 10.2 Å². The first-order valence-corrected chi connectivity index (χ1v) is 8.55. The standard InChI is InChI=1S/C15H21N3O2S/c1-17(2)21(19,20)18(3)11-8-9-15-13(10-11)12-6-4-5-7-14(12)16-15/h4-7,11,16H,8-10H2,1-3H3. The Morgan fingerprint density at radius 1 is 1.19 bits per heavy atom. The van der Waals surface area contributed by atoms with E-state index in [1.165, 1.54) is 25.3 Å². The molecule has 0 aliphatic heterocycles. The van der Waals surface area contributed by atoms with E-state index in [9.17, 15) is 8.42 Å². The zero-order valence-corrected chi connectivity index (χ0v) is 13.4. The van der Waals surface area contributed by atoms with Crippen molar-refractivity contribution in [2.24, 2.45) is 0 Å². The number of rotatable bonds is 3. The van der Waals surface area contributed by atoms with Gasteiger partial charge in [0.05, 0.1) is 0 Å². The Morgan fingerprint density at radius 2 is 1.90 bits per heavy atom. The fourth-order valence-electron chi connectivity index (χ4n) is 3.11. The van der Waals surface area contributed by atoms with Gasteiger partial charge in [0.15, 0.2) is 0 Å². The van der Waals surface area contributed by atoms with Crippen LogP contribution in [-0.4, -0.2) is 49.2 Å². The number of aromatic nitrogens is 1. The van der Waals surface area contributed by atoms with Crippen molar-refractivity contribution in [1.82, 2.24) is 13.6 Å². The van der Waals surface area contributed by atoms with Gasteiger partial charge < -0.3 is 4.98 Å². The van der Waals surface area contributed by atoms with Crippen molar-refractivity contribution < 1.29 is 8.42 Å². The van der Waals surface area contributed by atoms with Gasteiger partial charge in [-0.15, -0.1) is 0 Å². The SMILES string of the molecule is CN(C)S(=O)(=O)N(C)C1CCc2[nH]c3ccccc3c2C1. The van der Waals surface area contributed by atoms with E-state index >= 15 is 0 Å². The number of likely N-dealkylation sites (N-methyl/N-ethyl adjacent to an activating group) is 1. The van der Waals surface area contributed by atoms with Crippen LogP contribution < -0.4 is 0 Å². The molecular formula is C15H21N3O2S. The second-order valence-electron chi connectivity index (χ2n) is 5.83. The molecule has 1 aromatic heterocycles. The summed E-state index contributed by atoms with van der Waals surface area (Å²) in [5, 5.41) is 1.22. The quantitative estimate of drug-likeness (QED) is 0.939. The fraction of sp³-hybridized carbons (Fsp3) is 0.467. The average molecular weight is 307 g/mol. The van der Waals surface area contributed by atoms with E-state index in [4.69, 9.17) is 0 Å². The Labute approximate surface area is 125 Å². The van der Waals surface area contributed by atoms with E-state index in [2.05, 4.69) is 17.1 Å². The molecule has 114 valence electrons. The molecule has 5 nitrogen and oxygen atoms in total. The number of fused-ring (bicyclic) bond motifs is 3. The topological polar surface area (TPSA) is 56.4 Å². The Morgan fingerprint density at radius 3 is 2.62 bits per heavy atom. The molecule has 1 atom stereocenters. The maximum Gasteiger partial charge on any atom is 0.281 e. The first-order valence-electron chi connectivity index (χ1n) is 7.15. The van der Waals surface area contributed by atoms with Crippen molar-refractivity contribution in [1.29, 1.82) is 0 Å². The van der Waals surface area contributed by atoms with Crippen molar-refractivity contribution in [3.05, 3.63) is 35.5 Å². The van der Waals surface area contributed by atoms with Crippen LogP contribution in [0.4, 0.5) is 0 Å². The summed E-state index contributed by atoms with van der Waals surface area (Å²) < 4.78 is 27.4. The minimum absolute atomic E-state index is 0.0177. The van der Waals surface area contributed by atoms with E-state index in [1.807, 2.05) is 12.1 Å². The van der Waals surface area contributed by atoms with Crippen LogP contribution in [0.1, 0.15) is 17.7 Å². The zero-order valence-electron chi connectivity index (χ0n) is 12.6. The highest BCUT2D eigenvalue weighted by atomic mass is 32.2. The molecule has 1 aliphatic rings. The molecule has 1 aliphatic carbocycles. The molecule has 0 saturated heterocycles. The van der Waals surface area contributed by atoms with Gasteiger partial charge in [0.1, 0.15) is 0 Å². The van der Waals surface area contributed by atoms with E-state index in [0.717, 1.165) is 24.8 Å². The number of hydrogen-bond donors (Lipinski definition) is 1. The Bertz CT molecular complexity index is 764. The molecule has 21 heavy (non-hydrogen) atoms. The van der Waals surface area contributed by atoms with E-state index in [-0.39, 0.29) is 6.04 Å². The van der Waals surface area contributed by atoms with Crippen molar-refractivity contribution in [2.45, 2.75) is 25.3 Å². The number of H-pyrrole nitrogens is 1. The Hall–Kier alpha value is -1.37. The molecule has 1 heterocycles. The second-order valence-corrected chi connectivity index (χ2v) is 8.03. The van der Waals surface area contributed by atoms with Gasteiger partial charge in [-0.3, -0.25) is 0 Å². The summed E-state index contributed by atoms with van der Waals surface area (Å²) in [6.07, 6.45) is 2.51. The number of para-hydroxylation sites is 1. The smallest absolute Gasteiger partial charge is 0.281 e. The minimum atomic E-state index is -3.36. The number of hydrogen-bond acceptors (Lipinski definition) is 2. The molecule has 0 radical (unpaired) electrons. The predicted molar refractivity (Wildman–Crippen MR) is 84.5 cm³/mol. The van der Waals surface area contributed by atoms with Crippen LogP contribution in [0.15, 0.2) is 24.3 Å². The largest absolute Gasteiger partial charge is 0.358 e. The maximum absolute atomic E-state index is 12.3. The highest BCUT2D eigenvalue weighted by Gasteiger charge is 2.32. The zero-order chi connectivity index (χ0) is 15.2. The average Bonchev–Trinajstić information content (AvgIpc) is 2.84. The lowest BCUT2D eigenvalue weighted by atomic mass is 9.91. The van der Waals surface area contributed by atoms with Crippen molar-refractivity contribution in [2.75, 3.05) is 21.1 Å². The third-order valence-corrected chi connectivity index (χ3v) is 6.36. The van der Waals surface area contributed by atoms with Gasteiger partial charge in [0, 0.05) is 43.8 Å². The molecule has 0 bridgehead atoms. The van der Waals surface area contributed by atoms with Gasteiger partial charge in [-0.25, -0.2) is 0 Å². The van der Waals surface area contributed by atoms with Gasteiger partial charge in [-0.1, -0.05) is 18.2 Å². The number of nitrogens with one attached hydrogen (secondary N) is 1. The third kappa shape index (κ3) is 2.37. The Kier molecular flexibility index (Phi) is 3.55. The molecule has 0 spiro atoms. The lowest BCUT2D eigenvalue weighted by Gasteiger charge is -2.32. The van der Waals surface area contributed by atoms with Gasteiger partial charge in [0.2, 0.25) is 0 Å². The monoisotopic (exact) mass is 307 g/mol. The third-order valence-electron chi connectivity index (χ3n) is 4.41. The molecule has 1 unspecified atom stereocenters. The van der Waals surface area contributed by atoms with Gasteiger partial charge in [-0.2, -0.15) is 17.0 Å². The molecule has 6 heteroatoms. The highest BCUT2D eigenvalue weighted by molar-refractivity contribution is 7.86. The number of benzene rings is 1. The molecule has 3 rings (SSSR count). The first kappa shape index (κ1) is 14.6. The van der Waals surface area contributed by atoms with Crippen molar-refractivity contribution in [3.63, 3.8) is 0 Å². The summed E-state index contributed by atoms with van der Waals surface area (Å²) in [5.41, 5.74) is 3.66. The van der Waals surface area contributed by atoms with Crippen LogP contribution in [0.2, 0.25) is 0 Å². The lowest BCUT2D eigenvalue weighted by Crippen LogP contribution is -2.45. The van der Waals surface area contributed by atoms with E-state index in [1.54, 1.807) is 21.1 Å². The molecule has 0 amide bonds.